The maximum absolute atomic E-state index is 12.9. The van der Waals surface area contributed by atoms with E-state index >= 15 is 0 Å². The smallest absolute Gasteiger partial charge is 0.261 e. The van der Waals surface area contributed by atoms with Crippen LogP contribution in [0, 0.1) is 5.92 Å². The third-order valence-corrected chi connectivity index (χ3v) is 6.78. The topological polar surface area (TPSA) is 105 Å². The number of carbonyl (C=O) groups excluding carboxylic acids is 4. The molecule has 2 aliphatic heterocycles. The van der Waals surface area contributed by atoms with E-state index in [1.54, 1.807) is 49.6 Å². The van der Waals surface area contributed by atoms with Gasteiger partial charge in [0.05, 0.1) is 25.3 Å². The average molecular weight is 494 g/mol. The zero-order valence-corrected chi connectivity index (χ0v) is 20.6. The van der Waals surface area contributed by atoms with Gasteiger partial charge in [-0.2, -0.15) is 0 Å². The number of amides is 4. The second-order valence-corrected chi connectivity index (χ2v) is 9.02. The molecule has 0 aliphatic carbocycles. The molecule has 2 aliphatic rings. The normalized spacial score (nSPS) is 15.6. The second-order valence-electron chi connectivity index (χ2n) is 9.02. The minimum atomic E-state index is -0.301. The van der Waals surface area contributed by atoms with Crippen molar-refractivity contribution in [3.05, 3.63) is 59.2 Å². The Morgan fingerprint density at radius 1 is 0.944 bits per heavy atom. The van der Waals surface area contributed by atoms with Crippen molar-refractivity contribution in [2.75, 3.05) is 40.4 Å². The van der Waals surface area contributed by atoms with Crippen molar-refractivity contribution in [3.8, 4) is 11.5 Å². The minimum absolute atomic E-state index is 0.0494. The number of likely N-dealkylation sites (tertiary alicyclic amines) is 1. The first kappa shape index (κ1) is 25.2. The van der Waals surface area contributed by atoms with Gasteiger partial charge in [0.1, 0.15) is 0 Å². The van der Waals surface area contributed by atoms with E-state index in [0.29, 0.717) is 60.2 Å². The van der Waals surface area contributed by atoms with E-state index in [0.717, 1.165) is 12.8 Å². The standard InChI is InChI=1S/C27H31N3O6/c1-35-22-10-9-19(16-23(22)36-2)25(32)29-14-11-18(12-15-29)17-28-24(31)8-5-13-30-26(33)20-6-3-4-7-21(20)27(30)34/h3-4,6-7,9-10,16,18H,5,8,11-15,17H2,1-2H3,(H,28,31). The molecule has 4 amide bonds. The fraction of sp³-hybridized carbons (Fsp3) is 0.407. The van der Waals surface area contributed by atoms with Crippen molar-refractivity contribution >= 4 is 23.6 Å². The molecule has 1 N–H and O–H groups in total. The van der Waals surface area contributed by atoms with Crippen LogP contribution in [0.4, 0.5) is 0 Å². The van der Waals surface area contributed by atoms with Crippen molar-refractivity contribution in [2.24, 2.45) is 5.92 Å². The van der Waals surface area contributed by atoms with Gasteiger partial charge in [-0.25, -0.2) is 0 Å². The average Bonchev–Trinajstić information content (AvgIpc) is 3.16. The van der Waals surface area contributed by atoms with Gasteiger partial charge in [-0.15, -0.1) is 0 Å². The van der Waals surface area contributed by atoms with Crippen LogP contribution < -0.4 is 14.8 Å². The number of carbonyl (C=O) groups is 4. The summed E-state index contributed by atoms with van der Waals surface area (Å²) in [6.45, 7) is 2.00. The summed E-state index contributed by atoms with van der Waals surface area (Å²) in [6, 6.07) is 11.9. The quantitative estimate of drug-likeness (QED) is 0.539. The molecule has 0 atom stereocenters. The molecule has 0 saturated carbocycles. The van der Waals surface area contributed by atoms with Gasteiger partial charge in [-0.05, 0) is 55.5 Å². The lowest BCUT2D eigenvalue weighted by Crippen LogP contribution is -2.41. The van der Waals surface area contributed by atoms with Gasteiger partial charge in [0.25, 0.3) is 17.7 Å². The first-order valence-electron chi connectivity index (χ1n) is 12.2. The summed E-state index contributed by atoms with van der Waals surface area (Å²) in [4.78, 5) is 53.1. The summed E-state index contributed by atoms with van der Waals surface area (Å²) in [6.07, 6.45) is 2.25. The Labute approximate surface area is 210 Å². The van der Waals surface area contributed by atoms with Crippen LogP contribution in [0.1, 0.15) is 56.8 Å². The molecule has 0 aromatic heterocycles. The molecular weight excluding hydrogens is 462 g/mol. The van der Waals surface area contributed by atoms with Crippen LogP contribution in [0.3, 0.4) is 0 Å². The number of hydrogen-bond donors (Lipinski definition) is 1. The molecule has 0 spiro atoms. The van der Waals surface area contributed by atoms with Crippen LogP contribution in [0.5, 0.6) is 11.5 Å². The van der Waals surface area contributed by atoms with E-state index in [9.17, 15) is 19.2 Å². The predicted octanol–water partition coefficient (Wildman–Crippen LogP) is 2.75. The zero-order chi connectivity index (χ0) is 25.7. The van der Waals surface area contributed by atoms with Crippen molar-refractivity contribution < 1.29 is 28.7 Å². The van der Waals surface area contributed by atoms with Gasteiger partial charge in [-0.3, -0.25) is 24.1 Å². The highest BCUT2D eigenvalue weighted by atomic mass is 16.5. The molecule has 0 unspecified atom stereocenters. The number of hydrogen-bond acceptors (Lipinski definition) is 6. The van der Waals surface area contributed by atoms with Crippen molar-refractivity contribution in [3.63, 3.8) is 0 Å². The maximum Gasteiger partial charge on any atom is 0.261 e. The van der Waals surface area contributed by atoms with E-state index in [4.69, 9.17) is 9.47 Å². The molecule has 4 rings (SSSR count). The summed E-state index contributed by atoms with van der Waals surface area (Å²) < 4.78 is 10.5. The number of fused-ring (bicyclic) bond motifs is 1. The lowest BCUT2D eigenvalue weighted by atomic mass is 9.96. The molecular formula is C27H31N3O6. The molecule has 1 saturated heterocycles. The first-order valence-corrected chi connectivity index (χ1v) is 12.2. The highest BCUT2D eigenvalue weighted by Crippen LogP contribution is 2.29. The minimum Gasteiger partial charge on any atom is -0.493 e. The summed E-state index contributed by atoms with van der Waals surface area (Å²) in [5, 5.41) is 2.96. The molecule has 9 nitrogen and oxygen atoms in total. The molecule has 0 bridgehead atoms. The van der Waals surface area contributed by atoms with Gasteiger partial charge in [-0.1, -0.05) is 12.1 Å². The van der Waals surface area contributed by atoms with Crippen LogP contribution in [-0.4, -0.2) is 73.8 Å². The van der Waals surface area contributed by atoms with E-state index in [1.165, 1.54) is 12.0 Å². The predicted molar refractivity (Wildman–Crippen MR) is 132 cm³/mol. The van der Waals surface area contributed by atoms with Crippen molar-refractivity contribution in [1.29, 1.82) is 0 Å². The fourth-order valence-corrected chi connectivity index (χ4v) is 4.68. The van der Waals surface area contributed by atoms with E-state index in [1.807, 2.05) is 4.90 Å². The molecule has 2 aromatic carbocycles. The Morgan fingerprint density at radius 3 is 2.19 bits per heavy atom. The third-order valence-electron chi connectivity index (χ3n) is 6.78. The molecule has 36 heavy (non-hydrogen) atoms. The van der Waals surface area contributed by atoms with E-state index in [2.05, 4.69) is 5.32 Å². The fourth-order valence-electron chi connectivity index (χ4n) is 4.68. The van der Waals surface area contributed by atoms with Gasteiger partial charge >= 0.3 is 0 Å². The zero-order valence-electron chi connectivity index (χ0n) is 20.6. The number of nitrogens with one attached hydrogen (secondary N) is 1. The summed E-state index contributed by atoms with van der Waals surface area (Å²) in [5.74, 6) is 0.633. The SMILES string of the molecule is COc1ccc(C(=O)N2CCC(CNC(=O)CCCN3C(=O)c4ccccc4C3=O)CC2)cc1OC. The molecule has 9 heteroatoms. The van der Waals surface area contributed by atoms with Crippen LogP contribution >= 0.6 is 0 Å². The lowest BCUT2D eigenvalue weighted by Gasteiger charge is -2.32. The second kappa shape index (κ2) is 11.2. The number of piperidine rings is 1. The van der Waals surface area contributed by atoms with Crippen molar-refractivity contribution in [1.82, 2.24) is 15.1 Å². The molecule has 1 fully saturated rings. The number of benzene rings is 2. The van der Waals surface area contributed by atoms with Gasteiger partial charge in [0.2, 0.25) is 5.91 Å². The first-order chi connectivity index (χ1) is 17.4. The summed E-state index contributed by atoms with van der Waals surface area (Å²) in [7, 11) is 3.09. The Kier molecular flexibility index (Phi) is 7.87. The molecule has 0 radical (unpaired) electrons. The number of rotatable bonds is 9. The Bertz CT molecular complexity index is 1120. The number of ether oxygens (including phenoxy) is 2. The number of methoxy groups -OCH3 is 2. The monoisotopic (exact) mass is 493 g/mol. The number of nitrogens with zero attached hydrogens (tertiary/aromatic N) is 2. The van der Waals surface area contributed by atoms with E-state index in [-0.39, 0.29) is 36.6 Å². The van der Waals surface area contributed by atoms with E-state index < -0.39 is 0 Å². The third kappa shape index (κ3) is 5.35. The molecule has 2 heterocycles. The summed E-state index contributed by atoms with van der Waals surface area (Å²) in [5.41, 5.74) is 1.39. The molecule has 2 aromatic rings. The Morgan fingerprint density at radius 2 is 1.58 bits per heavy atom. The van der Waals surface area contributed by atoms with Crippen LogP contribution in [0.25, 0.3) is 0 Å². The van der Waals surface area contributed by atoms with Gasteiger partial charge < -0.3 is 19.7 Å². The van der Waals surface area contributed by atoms with Gasteiger partial charge in [0, 0.05) is 38.2 Å². The highest BCUT2D eigenvalue weighted by Gasteiger charge is 2.34. The van der Waals surface area contributed by atoms with Crippen LogP contribution in [0.15, 0.2) is 42.5 Å². The Balaban J connectivity index is 1.17. The van der Waals surface area contributed by atoms with Crippen LogP contribution in [-0.2, 0) is 4.79 Å². The summed E-state index contributed by atoms with van der Waals surface area (Å²) >= 11 is 0. The molecule has 190 valence electrons. The highest BCUT2D eigenvalue weighted by molar-refractivity contribution is 6.21. The van der Waals surface area contributed by atoms with Gasteiger partial charge in [0.15, 0.2) is 11.5 Å². The maximum atomic E-state index is 12.9. The van der Waals surface area contributed by atoms with Crippen molar-refractivity contribution in [2.45, 2.75) is 25.7 Å². The Hall–Kier alpha value is -3.88. The number of imide groups is 1. The van der Waals surface area contributed by atoms with Crippen LogP contribution in [0.2, 0.25) is 0 Å². The largest absolute Gasteiger partial charge is 0.493 e. The lowest BCUT2D eigenvalue weighted by molar-refractivity contribution is -0.121.